The van der Waals surface area contributed by atoms with Crippen molar-refractivity contribution in [2.45, 2.75) is 18.2 Å². The maximum atomic E-state index is 12.5. The maximum absolute atomic E-state index is 12.5. The van der Waals surface area contributed by atoms with E-state index in [1.807, 2.05) is 12.2 Å². The summed E-state index contributed by atoms with van der Waals surface area (Å²) in [7, 11) is -3.49. The molecule has 0 saturated heterocycles. The Kier molecular flexibility index (Phi) is 3.66. The fourth-order valence-electron chi connectivity index (χ4n) is 1.92. The lowest BCUT2D eigenvalue weighted by molar-refractivity contribution is 0.437. The van der Waals surface area contributed by atoms with Gasteiger partial charge in [-0.25, -0.2) is 8.42 Å². The molecule has 0 saturated carbocycles. The lowest BCUT2D eigenvalue weighted by atomic mass is 10.2. The standard InChI is InChI=1S/C12H15ClN2O2S/c1-9-7-10(13)11(14)8-12(9)18(16,17)15-5-3-2-4-6-15/h2-3,7-8H,4-6,14H2,1H3. The van der Waals surface area contributed by atoms with Gasteiger partial charge >= 0.3 is 0 Å². The summed E-state index contributed by atoms with van der Waals surface area (Å²) in [6, 6.07) is 3.02. The minimum atomic E-state index is -3.49. The third-order valence-corrected chi connectivity index (χ3v) is 5.27. The molecule has 1 aromatic carbocycles. The van der Waals surface area contributed by atoms with Crippen molar-refractivity contribution >= 4 is 27.3 Å². The topological polar surface area (TPSA) is 63.4 Å². The highest BCUT2D eigenvalue weighted by Gasteiger charge is 2.26. The number of hydrogen-bond acceptors (Lipinski definition) is 3. The van der Waals surface area contributed by atoms with Crippen LogP contribution in [0.5, 0.6) is 0 Å². The minimum absolute atomic E-state index is 0.236. The van der Waals surface area contributed by atoms with E-state index in [0.29, 0.717) is 23.7 Å². The zero-order valence-electron chi connectivity index (χ0n) is 10.1. The van der Waals surface area contributed by atoms with Crippen LogP contribution in [0, 0.1) is 6.92 Å². The smallest absolute Gasteiger partial charge is 0.243 e. The van der Waals surface area contributed by atoms with Crippen LogP contribution in [0.1, 0.15) is 12.0 Å². The Labute approximate surface area is 112 Å². The third kappa shape index (κ3) is 2.39. The number of rotatable bonds is 2. The van der Waals surface area contributed by atoms with Crippen molar-refractivity contribution in [2.75, 3.05) is 18.8 Å². The molecule has 0 fully saturated rings. The summed E-state index contributed by atoms with van der Waals surface area (Å²) in [6.45, 7) is 2.63. The molecule has 1 aliphatic heterocycles. The molecule has 98 valence electrons. The molecule has 0 spiro atoms. The van der Waals surface area contributed by atoms with E-state index in [1.54, 1.807) is 13.0 Å². The van der Waals surface area contributed by atoms with Crippen LogP contribution in [0.25, 0.3) is 0 Å². The second-order valence-electron chi connectivity index (χ2n) is 4.26. The van der Waals surface area contributed by atoms with Crippen LogP contribution < -0.4 is 5.73 Å². The minimum Gasteiger partial charge on any atom is -0.397 e. The quantitative estimate of drug-likeness (QED) is 0.669. The number of sulfonamides is 1. The van der Waals surface area contributed by atoms with Gasteiger partial charge in [0.15, 0.2) is 0 Å². The van der Waals surface area contributed by atoms with E-state index in [2.05, 4.69) is 0 Å². The van der Waals surface area contributed by atoms with Crippen LogP contribution in [0.4, 0.5) is 5.69 Å². The molecular weight excluding hydrogens is 272 g/mol. The summed E-state index contributed by atoms with van der Waals surface area (Å²) in [5, 5.41) is 0.380. The van der Waals surface area contributed by atoms with Crippen molar-refractivity contribution < 1.29 is 8.42 Å². The summed E-state index contributed by atoms with van der Waals surface area (Å²) in [5.74, 6) is 0. The van der Waals surface area contributed by atoms with E-state index in [1.165, 1.54) is 10.4 Å². The molecule has 1 heterocycles. The van der Waals surface area contributed by atoms with Gasteiger partial charge in [-0.1, -0.05) is 23.8 Å². The zero-order chi connectivity index (χ0) is 13.3. The van der Waals surface area contributed by atoms with Crippen molar-refractivity contribution in [3.63, 3.8) is 0 Å². The van der Waals surface area contributed by atoms with Crippen molar-refractivity contribution in [3.05, 3.63) is 34.9 Å². The summed E-state index contributed by atoms with van der Waals surface area (Å²) >= 11 is 5.88. The predicted molar refractivity (Wildman–Crippen MR) is 73.1 cm³/mol. The van der Waals surface area contributed by atoms with Gasteiger partial charge in [-0.3, -0.25) is 0 Å². The fraction of sp³-hybridized carbons (Fsp3) is 0.333. The van der Waals surface area contributed by atoms with Crippen LogP contribution >= 0.6 is 11.6 Å². The largest absolute Gasteiger partial charge is 0.397 e. The maximum Gasteiger partial charge on any atom is 0.243 e. The molecule has 0 amide bonds. The lowest BCUT2D eigenvalue weighted by Gasteiger charge is -2.23. The molecule has 0 aromatic heterocycles. The average Bonchev–Trinajstić information content (AvgIpc) is 2.34. The van der Waals surface area contributed by atoms with E-state index in [-0.39, 0.29) is 10.6 Å². The Morgan fingerprint density at radius 2 is 2.06 bits per heavy atom. The first-order valence-electron chi connectivity index (χ1n) is 5.63. The molecule has 0 bridgehead atoms. The van der Waals surface area contributed by atoms with E-state index in [9.17, 15) is 8.42 Å². The Morgan fingerprint density at radius 1 is 1.33 bits per heavy atom. The SMILES string of the molecule is Cc1cc(Cl)c(N)cc1S(=O)(=O)N1CC=CCC1. The van der Waals surface area contributed by atoms with Gasteiger partial charge in [0.05, 0.1) is 15.6 Å². The van der Waals surface area contributed by atoms with Gasteiger partial charge < -0.3 is 5.73 Å². The highest BCUT2D eigenvalue weighted by molar-refractivity contribution is 7.89. The third-order valence-electron chi connectivity index (χ3n) is 2.93. The lowest BCUT2D eigenvalue weighted by Crippen LogP contribution is -2.34. The second-order valence-corrected chi connectivity index (χ2v) is 6.58. The molecule has 0 atom stereocenters. The normalized spacial score (nSPS) is 17.0. The average molecular weight is 287 g/mol. The highest BCUT2D eigenvalue weighted by atomic mass is 35.5. The van der Waals surface area contributed by atoms with Crippen LogP contribution in [-0.4, -0.2) is 25.8 Å². The number of nitrogens with two attached hydrogens (primary N) is 1. The molecular formula is C12H15ClN2O2S. The predicted octanol–water partition coefficient (Wildman–Crippen LogP) is 2.18. The van der Waals surface area contributed by atoms with Gasteiger partial charge in [0.25, 0.3) is 0 Å². The number of hydrogen-bond donors (Lipinski definition) is 1. The first-order valence-corrected chi connectivity index (χ1v) is 7.45. The van der Waals surface area contributed by atoms with Crippen LogP contribution in [0.2, 0.25) is 5.02 Å². The van der Waals surface area contributed by atoms with Crippen molar-refractivity contribution in [2.24, 2.45) is 0 Å². The summed E-state index contributed by atoms with van der Waals surface area (Å²) in [5.41, 5.74) is 6.59. The van der Waals surface area contributed by atoms with Gasteiger partial charge in [-0.15, -0.1) is 0 Å². The van der Waals surface area contributed by atoms with E-state index in [4.69, 9.17) is 17.3 Å². The number of nitrogen functional groups attached to an aromatic ring is 1. The Balaban J connectivity index is 2.47. The highest BCUT2D eigenvalue weighted by Crippen LogP contribution is 2.28. The second kappa shape index (κ2) is 4.91. The van der Waals surface area contributed by atoms with E-state index < -0.39 is 10.0 Å². The zero-order valence-corrected chi connectivity index (χ0v) is 11.6. The van der Waals surface area contributed by atoms with Crippen molar-refractivity contribution in [1.82, 2.24) is 4.31 Å². The Hall–Kier alpha value is -1.04. The summed E-state index contributed by atoms with van der Waals surface area (Å²) < 4.78 is 26.4. The molecule has 0 aliphatic carbocycles. The number of nitrogens with zero attached hydrogens (tertiary/aromatic N) is 1. The van der Waals surface area contributed by atoms with Gasteiger partial charge in [0.1, 0.15) is 0 Å². The van der Waals surface area contributed by atoms with Crippen LogP contribution in [0.15, 0.2) is 29.2 Å². The molecule has 1 aliphatic rings. The molecule has 18 heavy (non-hydrogen) atoms. The first-order chi connectivity index (χ1) is 8.43. The van der Waals surface area contributed by atoms with Gasteiger partial charge in [-0.05, 0) is 31.0 Å². The molecule has 6 heteroatoms. The van der Waals surface area contributed by atoms with Crippen LogP contribution in [0.3, 0.4) is 0 Å². The molecule has 1 aromatic rings. The fourth-order valence-corrected chi connectivity index (χ4v) is 3.79. The van der Waals surface area contributed by atoms with Crippen molar-refractivity contribution in [3.8, 4) is 0 Å². The van der Waals surface area contributed by atoms with E-state index >= 15 is 0 Å². The Morgan fingerprint density at radius 3 is 2.67 bits per heavy atom. The van der Waals surface area contributed by atoms with Gasteiger partial charge in [0.2, 0.25) is 10.0 Å². The molecule has 4 nitrogen and oxygen atoms in total. The summed E-state index contributed by atoms with van der Waals surface area (Å²) in [6.07, 6.45) is 4.58. The number of aryl methyl sites for hydroxylation is 1. The molecule has 2 N–H and O–H groups in total. The molecule has 0 radical (unpaired) electrons. The Bertz CT molecular complexity index is 596. The number of anilines is 1. The number of halogens is 1. The van der Waals surface area contributed by atoms with Crippen molar-refractivity contribution in [1.29, 1.82) is 0 Å². The van der Waals surface area contributed by atoms with E-state index in [0.717, 1.165) is 6.42 Å². The molecule has 2 rings (SSSR count). The van der Waals surface area contributed by atoms with Gasteiger partial charge in [0, 0.05) is 13.1 Å². The van der Waals surface area contributed by atoms with Crippen LogP contribution in [-0.2, 0) is 10.0 Å². The molecule has 0 unspecified atom stereocenters. The van der Waals surface area contributed by atoms with Gasteiger partial charge in [-0.2, -0.15) is 4.31 Å². The first kappa shape index (κ1) is 13.4. The number of benzene rings is 1. The summed E-state index contributed by atoms with van der Waals surface area (Å²) in [4.78, 5) is 0.236. The monoisotopic (exact) mass is 286 g/mol.